The maximum Gasteiger partial charge on any atom is 0.0613 e. The van der Waals surface area contributed by atoms with Crippen molar-refractivity contribution in [3.8, 4) is 0 Å². The minimum Gasteiger partial charge on any atom is -0.328 e. The summed E-state index contributed by atoms with van der Waals surface area (Å²) in [6.45, 7) is 6.68. The van der Waals surface area contributed by atoms with Gasteiger partial charge in [-0.2, -0.15) is 5.10 Å². The monoisotopic (exact) mass is 155 g/mol. The molecule has 1 rings (SSSR count). The smallest absolute Gasteiger partial charge is 0.0613 e. The van der Waals surface area contributed by atoms with Crippen LogP contribution in [0.15, 0.2) is 18.5 Å². The number of nitrogens with two attached hydrogens (primary N) is 1. The zero-order chi connectivity index (χ0) is 8.69. The molecule has 0 aromatic carbocycles. The first-order valence-corrected chi connectivity index (χ1v) is 4.04. The van der Waals surface area contributed by atoms with E-state index in [0.29, 0.717) is 12.6 Å². The third-order valence-corrected chi connectivity index (χ3v) is 1.32. The average molecular weight is 155 g/mol. The van der Waals surface area contributed by atoms with Crippen molar-refractivity contribution in [1.82, 2.24) is 9.78 Å². The Morgan fingerprint density at radius 2 is 2.18 bits per heavy atom. The van der Waals surface area contributed by atoms with Crippen molar-refractivity contribution in [2.75, 3.05) is 6.54 Å². The van der Waals surface area contributed by atoms with Crippen molar-refractivity contribution in [3.05, 3.63) is 18.5 Å². The van der Waals surface area contributed by atoms with E-state index in [1.54, 1.807) is 6.20 Å². The van der Waals surface area contributed by atoms with Gasteiger partial charge in [-0.3, -0.25) is 4.68 Å². The molecule has 0 aliphatic rings. The first-order valence-electron chi connectivity index (χ1n) is 4.04. The molecular weight excluding hydrogens is 138 g/mol. The van der Waals surface area contributed by atoms with E-state index in [2.05, 4.69) is 5.10 Å². The summed E-state index contributed by atoms with van der Waals surface area (Å²) in [5.41, 5.74) is 5.40. The third-order valence-electron chi connectivity index (χ3n) is 1.32. The van der Waals surface area contributed by atoms with Gasteiger partial charge in [0.05, 0.1) is 6.04 Å². The fourth-order valence-electron chi connectivity index (χ4n) is 0.649. The highest BCUT2D eigenvalue weighted by Crippen LogP contribution is 1.98. The molecule has 1 unspecified atom stereocenters. The molecule has 0 amide bonds. The van der Waals surface area contributed by atoms with Crippen LogP contribution in [0.1, 0.15) is 26.8 Å². The molecular formula is C8H17N3. The minimum atomic E-state index is 0.319. The lowest BCUT2D eigenvalue weighted by atomic mass is 10.3. The molecule has 1 aromatic rings. The summed E-state index contributed by atoms with van der Waals surface area (Å²) < 4.78 is 1.85. The first-order chi connectivity index (χ1) is 5.34. The van der Waals surface area contributed by atoms with E-state index in [9.17, 15) is 0 Å². The van der Waals surface area contributed by atoms with Gasteiger partial charge in [0.25, 0.3) is 0 Å². The lowest BCUT2D eigenvalue weighted by Gasteiger charge is -2.06. The van der Waals surface area contributed by atoms with Crippen LogP contribution in [0, 0.1) is 0 Å². The van der Waals surface area contributed by atoms with Crippen molar-refractivity contribution in [2.45, 2.75) is 26.8 Å². The number of hydrogen-bond acceptors (Lipinski definition) is 2. The molecule has 0 saturated carbocycles. The van der Waals surface area contributed by atoms with Gasteiger partial charge in [-0.15, -0.1) is 0 Å². The Bertz CT molecular complexity index is 158. The Morgan fingerprint density at radius 1 is 1.55 bits per heavy atom. The summed E-state index contributed by atoms with van der Waals surface area (Å²) in [5, 5.41) is 4.02. The van der Waals surface area contributed by atoms with Gasteiger partial charge in [-0.25, -0.2) is 0 Å². The highest BCUT2D eigenvalue weighted by molar-refractivity contribution is 4.80. The van der Waals surface area contributed by atoms with Crippen LogP contribution in [0.3, 0.4) is 0 Å². The predicted octanol–water partition coefficient (Wildman–Crippen LogP) is 1.43. The van der Waals surface area contributed by atoms with Crippen LogP contribution in [0.4, 0.5) is 0 Å². The molecule has 3 heteroatoms. The highest BCUT2D eigenvalue weighted by Gasteiger charge is 1.97. The minimum absolute atomic E-state index is 0.319. The molecule has 1 heterocycles. The van der Waals surface area contributed by atoms with Crippen LogP contribution < -0.4 is 5.73 Å². The Hall–Kier alpha value is -0.830. The molecule has 0 fully saturated rings. The van der Waals surface area contributed by atoms with Crippen molar-refractivity contribution in [1.29, 1.82) is 0 Å². The van der Waals surface area contributed by atoms with Crippen LogP contribution in [0.25, 0.3) is 0 Å². The SMILES string of the molecule is CC.CC(CN)n1cccn1. The number of hydrogen-bond donors (Lipinski definition) is 1. The number of aromatic nitrogens is 2. The van der Waals surface area contributed by atoms with Crippen molar-refractivity contribution in [3.63, 3.8) is 0 Å². The van der Waals surface area contributed by atoms with E-state index >= 15 is 0 Å². The van der Waals surface area contributed by atoms with Crippen LogP contribution in [0.2, 0.25) is 0 Å². The molecule has 1 atom stereocenters. The topological polar surface area (TPSA) is 43.8 Å². The zero-order valence-electron chi connectivity index (χ0n) is 7.49. The van der Waals surface area contributed by atoms with Crippen LogP contribution in [-0.4, -0.2) is 16.3 Å². The average Bonchev–Trinajstić information content (AvgIpc) is 2.59. The Kier molecular flexibility index (Phi) is 5.47. The summed E-state index contributed by atoms with van der Waals surface area (Å²) in [7, 11) is 0. The van der Waals surface area contributed by atoms with E-state index in [1.165, 1.54) is 0 Å². The second-order valence-corrected chi connectivity index (χ2v) is 2.07. The van der Waals surface area contributed by atoms with Gasteiger partial charge in [0.15, 0.2) is 0 Å². The molecule has 3 nitrogen and oxygen atoms in total. The van der Waals surface area contributed by atoms with Gasteiger partial charge in [-0.1, -0.05) is 13.8 Å². The number of rotatable bonds is 2. The lowest BCUT2D eigenvalue weighted by molar-refractivity contribution is 0.501. The molecule has 0 saturated heterocycles. The largest absolute Gasteiger partial charge is 0.328 e. The number of nitrogens with zero attached hydrogens (tertiary/aromatic N) is 2. The van der Waals surface area contributed by atoms with E-state index in [1.807, 2.05) is 37.7 Å². The van der Waals surface area contributed by atoms with Gasteiger partial charge >= 0.3 is 0 Å². The Balaban J connectivity index is 0.000000461. The first kappa shape index (κ1) is 10.2. The summed E-state index contributed by atoms with van der Waals surface area (Å²) in [4.78, 5) is 0. The molecule has 1 aromatic heterocycles. The summed E-state index contributed by atoms with van der Waals surface area (Å²) in [6, 6.07) is 2.21. The molecule has 0 aliphatic carbocycles. The molecule has 0 bridgehead atoms. The van der Waals surface area contributed by atoms with Gasteiger partial charge in [0.2, 0.25) is 0 Å². The summed E-state index contributed by atoms with van der Waals surface area (Å²) in [5.74, 6) is 0. The standard InChI is InChI=1S/C6H11N3.C2H6/c1-6(5-7)9-4-2-3-8-9;1-2/h2-4,6H,5,7H2,1H3;1-2H3. The van der Waals surface area contributed by atoms with Crippen LogP contribution >= 0.6 is 0 Å². The molecule has 11 heavy (non-hydrogen) atoms. The second kappa shape index (κ2) is 5.92. The normalized spacial score (nSPS) is 11.6. The fourth-order valence-corrected chi connectivity index (χ4v) is 0.649. The maximum absolute atomic E-state index is 5.40. The Morgan fingerprint density at radius 3 is 2.55 bits per heavy atom. The Labute approximate surface area is 68.2 Å². The predicted molar refractivity (Wildman–Crippen MR) is 47.3 cm³/mol. The van der Waals surface area contributed by atoms with Gasteiger partial charge < -0.3 is 5.73 Å². The molecule has 0 spiro atoms. The lowest BCUT2D eigenvalue weighted by Crippen LogP contribution is -2.15. The maximum atomic E-state index is 5.40. The fraction of sp³-hybridized carbons (Fsp3) is 0.625. The second-order valence-electron chi connectivity index (χ2n) is 2.07. The van der Waals surface area contributed by atoms with E-state index < -0.39 is 0 Å². The van der Waals surface area contributed by atoms with Crippen LogP contribution in [0.5, 0.6) is 0 Å². The summed E-state index contributed by atoms with van der Waals surface area (Å²) >= 11 is 0. The molecule has 0 radical (unpaired) electrons. The molecule has 0 aliphatic heterocycles. The van der Waals surface area contributed by atoms with Crippen LogP contribution in [-0.2, 0) is 0 Å². The van der Waals surface area contributed by atoms with Crippen molar-refractivity contribution >= 4 is 0 Å². The van der Waals surface area contributed by atoms with E-state index in [0.717, 1.165) is 0 Å². The van der Waals surface area contributed by atoms with E-state index in [4.69, 9.17) is 5.73 Å². The van der Waals surface area contributed by atoms with Crippen molar-refractivity contribution in [2.24, 2.45) is 5.73 Å². The van der Waals surface area contributed by atoms with Gasteiger partial charge in [0.1, 0.15) is 0 Å². The molecule has 2 N–H and O–H groups in total. The van der Waals surface area contributed by atoms with Gasteiger partial charge in [0, 0.05) is 18.9 Å². The quantitative estimate of drug-likeness (QED) is 0.702. The third kappa shape index (κ3) is 3.18. The zero-order valence-corrected chi connectivity index (χ0v) is 7.49. The van der Waals surface area contributed by atoms with Crippen molar-refractivity contribution < 1.29 is 0 Å². The molecule has 64 valence electrons. The van der Waals surface area contributed by atoms with E-state index in [-0.39, 0.29) is 0 Å². The van der Waals surface area contributed by atoms with Gasteiger partial charge in [-0.05, 0) is 13.0 Å². The summed E-state index contributed by atoms with van der Waals surface area (Å²) in [6.07, 6.45) is 3.67. The highest BCUT2D eigenvalue weighted by atomic mass is 15.3.